The molecule has 2 fully saturated rings. The largest absolute Gasteiger partial charge is 0.476 e. The summed E-state index contributed by atoms with van der Waals surface area (Å²) in [6.07, 6.45) is -0.483. The maximum Gasteiger partial charge on any atom is 0.416 e. The van der Waals surface area contributed by atoms with Crippen molar-refractivity contribution in [2.24, 2.45) is 5.92 Å². The molecule has 1 aromatic heterocycles. The van der Waals surface area contributed by atoms with Crippen LogP contribution in [0.4, 0.5) is 29.3 Å². The Bertz CT molecular complexity index is 1250. The second-order valence-corrected chi connectivity index (χ2v) is 10.5. The number of aromatic nitrogens is 1. The molecule has 1 heterocycles. The summed E-state index contributed by atoms with van der Waals surface area (Å²) in [6, 6.07) is 4.40. The number of nitrogens with zero attached hydrogens (tertiary/aromatic N) is 2. The van der Waals surface area contributed by atoms with Gasteiger partial charge in [-0.3, -0.25) is 0 Å². The van der Waals surface area contributed by atoms with E-state index in [0.29, 0.717) is 25.4 Å². The number of rotatable bonds is 8. The lowest BCUT2D eigenvalue weighted by molar-refractivity contribution is -0.137. The molecule has 180 valence electrons. The zero-order valence-corrected chi connectivity index (χ0v) is 18.7. The van der Waals surface area contributed by atoms with E-state index in [1.165, 1.54) is 12.1 Å². The molecule has 4 rings (SSSR count). The number of sulfone groups is 1. The predicted molar refractivity (Wildman–Crippen MR) is 117 cm³/mol. The minimum atomic E-state index is -4.57. The van der Waals surface area contributed by atoms with Gasteiger partial charge in [-0.1, -0.05) is 6.07 Å². The Kier molecular flexibility index (Phi) is 6.16. The third kappa shape index (κ3) is 5.77. The number of anilines is 2. The van der Waals surface area contributed by atoms with Crippen LogP contribution in [0, 0.1) is 12.5 Å². The number of urea groups is 1. The zero-order chi connectivity index (χ0) is 24.6. The minimum Gasteiger partial charge on any atom is -0.476 e. The standard InChI is InChI=1S/C22H21F3N4O4S/c1-26-21(7-8-21)13-34(31,32)17-10-18(19(27-11-17)33-12-14-5-6-14)29-20(30)28-16-4-2-3-15(9-16)22(23,24)25/h2-4,9-11,14H,5-8,12-13H2,(H2,28,29,30). The summed E-state index contributed by atoms with van der Waals surface area (Å²) in [7, 11) is -3.87. The average molecular weight is 494 g/mol. The van der Waals surface area contributed by atoms with E-state index in [-0.39, 0.29) is 27.9 Å². The molecule has 2 aliphatic carbocycles. The Morgan fingerprint density at radius 3 is 2.59 bits per heavy atom. The van der Waals surface area contributed by atoms with Crippen molar-refractivity contribution < 1.29 is 31.1 Å². The van der Waals surface area contributed by atoms with Crippen molar-refractivity contribution in [1.82, 2.24) is 4.98 Å². The molecule has 8 nitrogen and oxygen atoms in total. The molecular formula is C22H21F3N4O4S. The maximum absolute atomic E-state index is 12.9. The molecule has 2 amide bonds. The summed E-state index contributed by atoms with van der Waals surface area (Å²) >= 11 is 0. The number of amides is 2. The zero-order valence-electron chi connectivity index (χ0n) is 17.9. The van der Waals surface area contributed by atoms with E-state index in [1.807, 2.05) is 0 Å². The van der Waals surface area contributed by atoms with Crippen LogP contribution in [0.25, 0.3) is 4.85 Å². The molecule has 34 heavy (non-hydrogen) atoms. The first-order valence-electron chi connectivity index (χ1n) is 10.5. The molecular weight excluding hydrogens is 473 g/mol. The number of hydrogen-bond acceptors (Lipinski definition) is 5. The summed E-state index contributed by atoms with van der Waals surface area (Å²) in [6.45, 7) is 7.57. The Hall–Kier alpha value is -3.33. The van der Waals surface area contributed by atoms with Crippen molar-refractivity contribution in [3.63, 3.8) is 0 Å². The highest BCUT2D eigenvalue weighted by atomic mass is 32.2. The van der Waals surface area contributed by atoms with Gasteiger partial charge in [0.2, 0.25) is 11.4 Å². The molecule has 0 aliphatic heterocycles. The van der Waals surface area contributed by atoms with Gasteiger partial charge in [-0.05, 0) is 43.0 Å². The molecule has 12 heteroatoms. The van der Waals surface area contributed by atoms with Gasteiger partial charge in [-0.2, -0.15) is 13.2 Å². The Balaban J connectivity index is 1.55. The molecule has 2 aromatic rings. The van der Waals surface area contributed by atoms with E-state index < -0.39 is 33.1 Å². The van der Waals surface area contributed by atoms with Gasteiger partial charge in [0.1, 0.15) is 11.4 Å². The molecule has 0 unspecified atom stereocenters. The van der Waals surface area contributed by atoms with Crippen molar-refractivity contribution in [1.29, 1.82) is 0 Å². The topological polar surface area (TPSA) is 102 Å². The first kappa shape index (κ1) is 23.8. The number of ether oxygens (including phenoxy) is 1. The number of hydrogen-bond donors (Lipinski definition) is 2. The normalized spacial score (nSPS) is 16.9. The number of halogens is 3. The van der Waals surface area contributed by atoms with E-state index >= 15 is 0 Å². The van der Waals surface area contributed by atoms with Crippen molar-refractivity contribution in [2.45, 2.75) is 42.3 Å². The van der Waals surface area contributed by atoms with Crippen LogP contribution in [0.1, 0.15) is 31.2 Å². The van der Waals surface area contributed by atoms with Crippen LogP contribution in [0.2, 0.25) is 0 Å². The summed E-state index contributed by atoms with van der Waals surface area (Å²) in [5.74, 6) is -0.00897. The Morgan fingerprint density at radius 1 is 1.24 bits per heavy atom. The van der Waals surface area contributed by atoms with E-state index in [1.54, 1.807) is 0 Å². The summed E-state index contributed by atoms with van der Waals surface area (Å²) in [5, 5.41) is 4.72. The average Bonchev–Trinajstić information content (AvgIpc) is 3.69. The van der Waals surface area contributed by atoms with Crippen LogP contribution < -0.4 is 15.4 Å². The quantitative estimate of drug-likeness (QED) is 0.516. The van der Waals surface area contributed by atoms with Gasteiger partial charge in [-0.15, -0.1) is 0 Å². The van der Waals surface area contributed by atoms with Crippen LogP contribution >= 0.6 is 0 Å². The molecule has 2 saturated carbocycles. The first-order valence-corrected chi connectivity index (χ1v) is 12.1. The van der Waals surface area contributed by atoms with Crippen LogP contribution in [-0.2, 0) is 16.0 Å². The summed E-state index contributed by atoms with van der Waals surface area (Å²) in [5.41, 5.74) is -1.99. The van der Waals surface area contributed by atoms with Crippen LogP contribution in [-0.4, -0.2) is 37.3 Å². The Morgan fingerprint density at radius 2 is 1.97 bits per heavy atom. The molecule has 0 saturated heterocycles. The monoisotopic (exact) mass is 494 g/mol. The van der Waals surface area contributed by atoms with Crippen molar-refractivity contribution in [3.05, 3.63) is 53.5 Å². The third-order valence-electron chi connectivity index (χ3n) is 5.56. The molecule has 0 spiro atoms. The van der Waals surface area contributed by atoms with Gasteiger partial charge in [-0.25, -0.2) is 24.8 Å². The lowest BCUT2D eigenvalue weighted by Crippen LogP contribution is -2.22. The highest BCUT2D eigenvalue weighted by Gasteiger charge is 2.54. The Labute approximate surface area is 194 Å². The van der Waals surface area contributed by atoms with Crippen molar-refractivity contribution >= 4 is 27.2 Å². The van der Waals surface area contributed by atoms with Crippen LogP contribution in [0.5, 0.6) is 5.88 Å². The van der Waals surface area contributed by atoms with E-state index in [2.05, 4.69) is 20.5 Å². The smallest absolute Gasteiger partial charge is 0.416 e. The number of carbonyl (C=O) groups excluding carboxylic acids is 1. The summed E-state index contributed by atoms with van der Waals surface area (Å²) < 4.78 is 70.1. The van der Waals surface area contributed by atoms with Gasteiger partial charge in [0, 0.05) is 24.7 Å². The number of carbonyl (C=O) groups is 1. The van der Waals surface area contributed by atoms with Crippen LogP contribution in [0.15, 0.2) is 41.4 Å². The lowest BCUT2D eigenvalue weighted by Gasteiger charge is -2.14. The fourth-order valence-corrected chi connectivity index (χ4v) is 4.95. The van der Waals surface area contributed by atoms with Gasteiger partial charge in [0.15, 0.2) is 9.84 Å². The molecule has 1 aromatic carbocycles. The maximum atomic E-state index is 12.9. The van der Waals surface area contributed by atoms with Crippen molar-refractivity contribution in [2.75, 3.05) is 23.0 Å². The van der Waals surface area contributed by atoms with Crippen LogP contribution in [0.3, 0.4) is 0 Å². The molecule has 2 N–H and O–H groups in total. The fraction of sp³-hybridized carbons (Fsp3) is 0.409. The van der Waals surface area contributed by atoms with Gasteiger partial charge in [0.05, 0.1) is 17.1 Å². The van der Waals surface area contributed by atoms with E-state index in [9.17, 15) is 26.4 Å². The van der Waals surface area contributed by atoms with E-state index in [0.717, 1.165) is 37.2 Å². The molecule has 2 aliphatic rings. The predicted octanol–water partition coefficient (Wildman–Crippen LogP) is 4.76. The molecule has 0 radical (unpaired) electrons. The molecule has 0 bridgehead atoms. The number of alkyl halides is 3. The second kappa shape index (κ2) is 8.79. The minimum absolute atomic E-state index is 0.00337. The number of nitrogens with one attached hydrogen (secondary N) is 2. The van der Waals surface area contributed by atoms with Gasteiger partial charge in [0.25, 0.3) is 0 Å². The highest BCUT2D eigenvalue weighted by molar-refractivity contribution is 7.91. The number of benzene rings is 1. The highest BCUT2D eigenvalue weighted by Crippen LogP contribution is 2.42. The number of pyridine rings is 1. The van der Waals surface area contributed by atoms with Crippen molar-refractivity contribution in [3.8, 4) is 5.88 Å². The van der Waals surface area contributed by atoms with E-state index in [4.69, 9.17) is 11.3 Å². The second-order valence-electron chi connectivity index (χ2n) is 8.53. The summed E-state index contributed by atoms with van der Waals surface area (Å²) in [4.78, 5) is 19.8. The lowest BCUT2D eigenvalue weighted by atomic mass is 10.2. The van der Waals surface area contributed by atoms with Gasteiger partial charge >= 0.3 is 12.2 Å². The van der Waals surface area contributed by atoms with Gasteiger partial charge < -0.3 is 20.2 Å². The SMILES string of the molecule is [C-]#[N+]C1(CS(=O)(=O)c2cnc(OCC3CC3)c(NC(=O)Nc3cccc(C(F)(F)F)c3)c2)CC1. The third-order valence-corrected chi connectivity index (χ3v) is 7.42. The molecule has 0 atom stereocenters. The fourth-order valence-electron chi connectivity index (χ4n) is 3.22. The first-order chi connectivity index (χ1) is 16.0.